The summed E-state index contributed by atoms with van der Waals surface area (Å²) < 4.78 is 1.58. The second kappa shape index (κ2) is 6.47. The number of aromatic nitrogens is 4. The number of nitrogen functional groups attached to an aromatic ring is 1. The average molecular weight is 234 g/mol. The first-order valence-electron chi connectivity index (χ1n) is 5.69. The third kappa shape index (κ3) is 3.17. The first-order chi connectivity index (χ1) is 8.31. The Morgan fingerprint density at radius 1 is 1.35 bits per heavy atom. The molecule has 0 atom stereocenters. The summed E-state index contributed by atoms with van der Waals surface area (Å²) in [6, 6.07) is 5.57. The summed E-state index contributed by atoms with van der Waals surface area (Å²) in [7, 11) is 0. The van der Waals surface area contributed by atoms with Crippen LogP contribution < -0.4 is 11.1 Å². The van der Waals surface area contributed by atoms with Crippen molar-refractivity contribution in [2.45, 2.75) is 20.8 Å². The maximum absolute atomic E-state index is 5.54. The van der Waals surface area contributed by atoms with E-state index >= 15 is 0 Å². The summed E-state index contributed by atoms with van der Waals surface area (Å²) in [5, 5.41) is 7.12. The van der Waals surface area contributed by atoms with Gasteiger partial charge in [0, 0.05) is 12.7 Å². The molecule has 0 aromatic carbocycles. The van der Waals surface area contributed by atoms with E-state index in [-0.39, 0.29) is 5.95 Å². The summed E-state index contributed by atoms with van der Waals surface area (Å²) in [5.74, 6) is 1.53. The predicted molar refractivity (Wildman–Crippen MR) is 69.1 cm³/mol. The van der Waals surface area contributed by atoms with Gasteiger partial charge in [-0.1, -0.05) is 19.9 Å². The van der Waals surface area contributed by atoms with Crippen LogP contribution in [0.4, 0.5) is 11.9 Å². The highest BCUT2D eigenvalue weighted by atomic mass is 15.4. The van der Waals surface area contributed by atoms with Crippen LogP contribution >= 0.6 is 0 Å². The monoisotopic (exact) mass is 234 g/mol. The van der Waals surface area contributed by atoms with E-state index in [0.29, 0.717) is 11.8 Å². The van der Waals surface area contributed by atoms with Crippen molar-refractivity contribution < 1.29 is 0 Å². The van der Waals surface area contributed by atoms with Crippen LogP contribution in [0.15, 0.2) is 24.4 Å². The molecule has 92 valence electrons. The van der Waals surface area contributed by atoms with Crippen LogP contribution in [0.25, 0.3) is 5.82 Å². The van der Waals surface area contributed by atoms with Crippen molar-refractivity contribution in [3.05, 3.63) is 24.4 Å². The number of hydrogen-bond donors (Lipinski definition) is 2. The van der Waals surface area contributed by atoms with Gasteiger partial charge in [0.25, 0.3) is 0 Å². The lowest BCUT2D eigenvalue weighted by Gasteiger charge is -2.04. The average Bonchev–Trinajstić information content (AvgIpc) is 2.75. The van der Waals surface area contributed by atoms with E-state index in [9.17, 15) is 0 Å². The highest BCUT2D eigenvalue weighted by Crippen LogP contribution is 2.11. The minimum Gasteiger partial charge on any atom is -0.366 e. The van der Waals surface area contributed by atoms with E-state index < -0.39 is 0 Å². The summed E-state index contributed by atoms with van der Waals surface area (Å²) in [5.41, 5.74) is 5.54. The fraction of sp³-hybridized carbons (Fsp3) is 0.364. The zero-order chi connectivity index (χ0) is 12.7. The number of nitrogens with one attached hydrogen (secondary N) is 1. The molecule has 17 heavy (non-hydrogen) atoms. The molecule has 0 aliphatic carbocycles. The first kappa shape index (κ1) is 13.0. The van der Waals surface area contributed by atoms with Gasteiger partial charge >= 0.3 is 0 Å². The van der Waals surface area contributed by atoms with Gasteiger partial charge in [-0.15, -0.1) is 5.10 Å². The number of anilines is 2. The molecule has 0 fully saturated rings. The van der Waals surface area contributed by atoms with E-state index in [1.807, 2.05) is 39.0 Å². The molecule has 2 aromatic rings. The lowest BCUT2D eigenvalue weighted by Crippen LogP contribution is -2.07. The molecule has 2 aromatic heterocycles. The van der Waals surface area contributed by atoms with Gasteiger partial charge in [-0.25, -0.2) is 4.98 Å². The summed E-state index contributed by atoms with van der Waals surface area (Å²) in [6.45, 7) is 6.73. The van der Waals surface area contributed by atoms with Crippen LogP contribution in [0.1, 0.15) is 20.8 Å². The second-order valence-corrected chi connectivity index (χ2v) is 2.92. The molecule has 3 N–H and O–H groups in total. The van der Waals surface area contributed by atoms with Gasteiger partial charge in [0.1, 0.15) is 0 Å². The van der Waals surface area contributed by atoms with Crippen LogP contribution in [0.5, 0.6) is 0 Å². The molecule has 0 bridgehead atoms. The molecular weight excluding hydrogens is 216 g/mol. The van der Waals surface area contributed by atoms with E-state index in [2.05, 4.69) is 20.4 Å². The van der Waals surface area contributed by atoms with Gasteiger partial charge in [-0.3, -0.25) is 0 Å². The molecule has 0 aliphatic rings. The van der Waals surface area contributed by atoms with Gasteiger partial charge in [-0.05, 0) is 19.1 Å². The van der Waals surface area contributed by atoms with Gasteiger partial charge in [0.15, 0.2) is 5.82 Å². The molecule has 2 heterocycles. The van der Waals surface area contributed by atoms with E-state index in [4.69, 9.17) is 5.73 Å². The minimum atomic E-state index is 0.233. The van der Waals surface area contributed by atoms with Crippen LogP contribution in [-0.2, 0) is 0 Å². The maximum atomic E-state index is 5.54. The standard InChI is InChI=1S/C9H12N6.C2H6/c1-2-11-9-13-8(10)14-15(9)7-5-3-4-6-12-7;1-2/h3-6H,2H2,1H3,(H3,10,11,13,14);1-2H3. The molecule has 2 rings (SSSR count). The highest BCUT2D eigenvalue weighted by Gasteiger charge is 2.08. The van der Waals surface area contributed by atoms with Crippen molar-refractivity contribution in [2.24, 2.45) is 0 Å². The third-order valence-corrected chi connectivity index (χ3v) is 1.82. The molecule has 6 heteroatoms. The number of nitrogens with two attached hydrogens (primary N) is 1. The Balaban J connectivity index is 0.000000686. The molecule has 6 nitrogen and oxygen atoms in total. The zero-order valence-corrected chi connectivity index (χ0v) is 10.4. The van der Waals surface area contributed by atoms with E-state index in [0.717, 1.165) is 6.54 Å². The van der Waals surface area contributed by atoms with Gasteiger partial charge < -0.3 is 11.1 Å². The molecule has 0 aliphatic heterocycles. The van der Waals surface area contributed by atoms with Crippen molar-refractivity contribution in [2.75, 3.05) is 17.6 Å². The Labute approximate surface area is 101 Å². The molecule has 0 spiro atoms. The van der Waals surface area contributed by atoms with Crippen molar-refractivity contribution >= 4 is 11.9 Å². The quantitative estimate of drug-likeness (QED) is 0.844. The lowest BCUT2D eigenvalue weighted by atomic mass is 10.5. The van der Waals surface area contributed by atoms with Crippen LogP contribution in [0.2, 0.25) is 0 Å². The van der Waals surface area contributed by atoms with Crippen LogP contribution in [0.3, 0.4) is 0 Å². The molecule has 0 radical (unpaired) electrons. The lowest BCUT2D eigenvalue weighted by molar-refractivity contribution is 0.849. The number of pyridine rings is 1. The normalized spacial score (nSPS) is 9.35. The molecular formula is C11H18N6. The Kier molecular flexibility index (Phi) is 4.93. The third-order valence-electron chi connectivity index (χ3n) is 1.82. The van der Waals surface area contributed by atoms with Crippen molar-refractivity contribution in [3.8, 4) is 5.82 Å². The SMILES string of the molecule is CC.CCNc1nc(N)nn1-c1ccccn1. The number of rotatable bonds is 3. The number of hydrogen-bond acceptors (Lipinski definition) is 5. The Hall–Kier alpha value is -2.11. The smallest absolute Gasteiger partial charge is 0.241 e. The predicted octanol–water partition coefficient (Wildman–Crippen LogP) is 1.70. The maximum Gasteiger partial charge on any atom is 0.241 e. The highest BCUT2D eigenvalue weighted by molar-refractivity contribution is 5.39. The van der Waals surface area contributed by atoms with Gasteiger partial charge in [-0.2, -0.15) is 9.67 Å². The van der Waals surface area contributed by atoms with Gasteiger partial charge in [0.2, 0.25) is 11.9 Å². The Bertz CT molecular complexity index is 436. The van der Waals surface area contributed by atoms with Crippen molar-refractivity contribution in [3.63, 3.8) is 0 Å². The van der Waals surface area contributed by atoms with Gasteiger partial charge in [0.05, 0.1) is 0 Å². The summed E-state index contributed by atoms with van der Waals surface area (Å²) >= 11 is 0. The number of nitrogens with zero attached hydrogens (tertiary/aromatic N) is 4. The molecule has 0 saturated heterocycles. The largest absolute Gasteiger partial charge is 0.366 e. The second-order valence-electron chi connectivity index (χ2n) is 2.92. The minimum absolute atomic E-state index is 0.233. The Morgan fingerprint density at radius 2 is 2.12 bits per heavy atom. The van der Waals surface area contributed by atoms with E-state index in [1.165, 1.54) is 0 Å². The molecule has 0 amide bonds. The first-order valence-corrected chi connectivity index (χ1v) is 5.69. The van der Waals surface area contributed by atoms with Crippen molar-refractivity contribution in [1.82, 2.24) is 19.7 Å². The summed E-state index contributed by atoms with van der Waals surface area (Å²) in [4.78, 5) is 8.23. The van der Waals surface area contributed by atoms with Crippen LogP contribution in [0, 0.1) is 0 Å². The fourth-order valence-corrected chi connectivity index (χ4v) is 1.24. The van der Waals surface area contributed by atoms with E-state index in [1.54, 1.807) is 10.9 Å². The topological polar surface area (TPSA) is 81.6 Å². The van der Waals surface area contributed by atoms with Crippen molar-refractivity contribution in [1.29, 1.82) is 0 Å². The Morgan fingerprint density at radius 3 is 2.71 bits per heavy atom. The molecule has 0 saturated carbocycles. The summed E-state index contributed by atoms with van der Waals surface area (Å²) in [6.07, 6.45) is 1.70. The zero-order valence-electron chi connectivity index (χ0n) is 10.4. The fourth-order valence-electron chi connectivity index (χ4n) is 1.24. The van der Waals surface area contributed by atoms with Crippen LogP contribution in [-0.4, -0.2) is 26.3 Å². The molecule has 0 unspecified atom stereocenters.